The van der Waals surface area contributed by atoms with E-state index in [0.717, 1.165) is 12.1 Å². The molecule has 0 spiro atoms. The van der Waals surface area contributed by atoms with Crippen molar-refractivity contribution in [3.05, 3.63) is 64.0 Å². The van der Waals surface area contributed by atoms with E-state index in [9.17, 15) is 19.3 Å². The average Bonchev–Trinajstić information content (AvgIpc) is 2.49. The summed E-state index contributed by atoms with van der Waals surface area (Å²) in [6.07, 6.45) is 0.392. The molecule has 21 heavy (non-hydrogen) atoms. The Morgan fingerprint density at radius 2 is 1.90 bits per heavy atom. The van der Waals surface area contributed by atoms with Gasteiger partial charge in [-0.2, -0.15) is 0 Å². The van der Waals surface area contributed by atoms with Crippen molar-refractivity contribution in [2.75, 3.05) is 0 Å². The van der Waals surface area contributed by atoms with E-state index in [2.05, 4.69) is 0 Å². The first kappa shape index (κ1) is 14.6. The van der Waals surface area contributed by atoms with Crippen LogP contribution in [0.3, 0.4) is 0 Å². The van der Waals surface area contributed by atoms with Crippen LogP contribution in [0, 0.1) is 15.9 Å². The molecule has 0 radical (unpaired) electrons. The van der Waals surface area contributed by atoms with Gasteiger partial charge in [0.1, 0.15) is 11.6 Å². The predicted molar refractivity (Wildman–Crippen MR) is 74.2 cm³/mol. The summed E-state index contributed by atoms with van der Waals surface area (Å²) in [6, 6.07) is 9.30. The first-order valence-corrected chi connectivity index (χ1v) is 6.26. The molecule has 5 nitrogen and oxygen atoms in total. The first-order chi connectivity index (χ1) is 10.0. The van der Waals surface area contributed by atoms with E-state index < -0.39 is 16.4 Å². The third-order valence-corrected chi connectivity index (χ3v) is 2.84. The minimum absolute atomic E-state index is 0.00527. The van der Waals surface area contributed by atoms with Crippen LogP contribution in [0.25, 0.3) is 0 Å². The van der Waals surface area contributed by atoms with Gasteiger partial charge in [-0.3, -0.25) is 14.9 Å². The standard InChI is InChI=1S/C15H12FNO4/c1-2-14(18)10-3-6-12(7-4-10)21-15-8-5-11(16)9-13(15)17(19)20/h3-9H,2H2,1H3. The highest BCUT2D eigenvalue weighted by Crippen LogP contribution is 2.31. The van der Waals surface area contributed by atoms with E-state index in [1.807, 2.05) is 0 Å². The molecular weight excluding hydrogens is 277 g/mol. The Hall–Kier alpha value is -2.76. The molecule has 2 aromatic carbocycles. The van der Waals surface area contributed by atoms with Crippen molar-refractivity contribution < 1.29 is 18.8 Å². The summed E-state index contributed by atoms with van der Waals surface area (Å²) in [6.45, 7) is 1.76. The molecule has 0 heterocycles. The molecule has 0 aliphatic rings. The van der Waals surface area contributed by atoms with E-state index in [1.54, 1.807) is 19.1 Å². The highest BCUT2D eigenvalue weighted by atomic mass is 19.1. The van der Waals surface area contributed by atoms with Crippen molar-refractivity contribution in [1.82, 2.24) is 0 Å². The zero-order valence-corrected chi connectivity index (χ0v) is 11.2. The Balaban J connectivity index is 2.26. The second kappa shape index (κ2) is 6.13. The van der Waals surface area contributed by atoms with Gasteiger partial charge in [0, 0.05) is 12.0 Å². The zero-order valence-electron chi connectivity index (χ0n) is 11.2. The highest BCUT2D eigenvalue weighted by molar-refractivity contribution is 5.95. The van der Waals surface area contributed by atoms with Crippen molar-refractivity contribution in [2.24, 2.45) is 0 Å². The van der Waals surface area contributed by atoms with E-state index in [1.165, 1.54) is 18.2 Å². The molecule has 0 atom stereocenters. The Labute approximate surface area is 120 Å². The fourth-order valence-electron chi connectivity index (χ4n) is 1.76. The number of carbonyl (C=O) groups excluding carboxylic acids is 1. The lowest BCUT2D eigenvalue weighted by atomic mass is 10.1. The molecule has 2 rings (SSSR count). The number of ketones is 1. The predicted octanol–water partition coefficient (Wildman–Crippen LogP) is 4.12. The SMILES string of the molecule is CCC(=O)c1ccc(Oc2ccc(F)cc2[N+](=O)[O-])cc1. The van der Waals surface area contributed by atoms with Crippen molar-refractivity contribution in [2.45, 2.75) is 13.3 Å². The molecule has 0 unspecified atom stereocenters. The molecule has 2 aromatic rings. The number of halogens is 1. The Kier molecular flexibility index (Phi) is 4.27. The minimum Gasteiger partial charge on any atom is -0.450 e. The van der Waals surface area contributed by atoms with Gasteiger partial charge >= 0.3 is 5.69 Å². The van der Waals surface area contributed by atoms with Gasteiger partial charge in [-0.1, -0.05) is 6.92 Å². The molecule has 0 amide bonds. The lowest BCUT2D eigenvalue weighted by molar-refractivity contribution is -0.385. The van der Waals surface area contributed by atoms with Crippen LogP contribution in [0.15, 0.2) is 42.5 Å². The van der Waals surface area contributed by atoms with Gasteiger partial charge in [0.25, 0.3) is 0 Å². The second-order valence-electron chi connectivity index (χ2n) is 4.27. The molecule has 0 N–H and O–H groups in total. The third kappa shape index (κ3) is 3.42. The second-order valence-corrected chi connectivity index (χ2v) is 4.27. The van der Waals surface area contributed by atoms with Gasteiger partial charge in [0.15, 0.2) is 5.78 Å². The number of hydrogen-bond acceptors (Lipinski definition) is 4. The van der Waals surface area contributed by atoms with E-state index in [-0.39, 0.29) is 11.5 Å². The van der Waals surface area contributed by atoms with Gasteiger partial charge < -0.3 is 4.74 Å². The molecule has 0 fully saturated rings. The Bertz CT molecular complexity index is 683. The van der Waals surface area contributed by atoms with Crippen LogP contribution < -0.4 is 4.74 Å². The number of ether oxygens (including phenoxy) is 1. The van der Waals surface area contributed by atoms with Crippen LogP contribution in [-0.4, -0.2) is 10.7 Å². The van der Waals surface area contributed by atoms with E-state index >= 15 is 0 Å². The summed E-state index contributed by atoms with van der Waals surface area (Å²) in [5, 5.41) is 10.9. The normalized spacial score (nSPS) is 10.2. The van der Waals surface area contributed by atoms with Crippen molar-refractivity contribution in [3.63, 3.8) is 0 Å². The number of nitrogens with zero attached hydrogens (tertiary/aromatic N) is 1. The van der Waals surface area contributed by atoms with Crippen LogP contribution in [0.1, 0.15) is 23.7 Å². The van der Waals surface area contributed by atoms with Crippen LogP contribution >= 0.6 is 0 Å². The third-order valence-electron chi connectivity index (χ3n) is 2.84. The van der Waals surface area contributed by atoms with Crippen LogP contribution in [0.5, 0.6) is 11.5 Å². The molecular formula is C15H12FNO4. The van der Waals surface area contributed by atoms with Crippen molar-refractivity contribution in [1.29, 1.82) is 0 Å². The van der Waals surface area contributed by atoms with E-state index in [0.29, 0.717) is 17.7 Å². The summed E-state index contributed by atoms with van der Waals surface area (Å²) in [4.78, 5) is 21.6. The first-order valence-electron chi connectivity index (χ1n) is 6.26. The highest BCUT2D eigenvalue weighted by Gasteiger charge is 2.17. The lowest BCUT2D eigenvalue weighted by Gasteiger charge is -2.07. The summed E-state index contributed by atoms with van der Waals surface area (Å²) >= 11 is 0. The smallest absolute Gasteiger partial charge is 0.314 e. The monoisotopic (exact) mass is 289 g/mol. The fraction of sp³-hybridized carbons (Fsp3) is 0.133. The van der Waals surface area contributed by atoms with Crippen molar-refractivity contribution in [3.8, 4) is 11.5 Å². The quantitative estimate of drug-likeness (QED) is 0.471. The van der Waals surface area contributed by atoms with E-state index in [4.69, 9.17) is 4.74 Å². The zero-order chi connectivity index (χ0) is 15.4. The summed E-state index contributed by atoms with van der Waals surface area (Å²) in [5.74, 6) is -0.444. The molecule has 0 aromatic heterocycles. The molecule has 0 saturated carbocycles. The molecule has 0 aliphatic heterocycles. The number of nitro groups is 1. The number of benzene rings is 2. The molecule has 108 valence electrons. The number of nitro benzene ring substituents is 1. The number of Topliss-reactive ketones (excluding diaryl/α,β-unsaturated/α-hetero) is 1. The summed E-state index contributed by atoms with van der Waals surface area (Å²) in [5.41, 5.74) is 0.0853. The van der Waals surface area contributed by atoms with Crippen molar-refractivity contribution >= 4 is 11.5 Å². The molecule has 0 bridgehead atoms. The van der Waals surface area contributed by atoms with Crippen LogP contribution in [0.4, 0.5) is 10.1 Å². The average molecular weight is 289 g/mol. The Morgan fingerprint density at radius 3 is 2.48 bits per heavy atom. The molecule has 6 heteroatoms. The Morgan fingerprint density at radius 1 is 1.24 bits per heavy atom. The maximum atomic E-state index is 13.0. The van der Waals surface area contributed by atoms with Crippen LogP contribution in [-0.2, 0) is 0 Å². The maximum absolute atomic E-state index is 13.0. The summed E-state index contributed by atoms with van der Waals surface area (Å²) in [7, 11) is 0. The topological polar surface area (TPSA) is 69.4 Å². The summed E-state index contributed by atoms with van der Waals surface area (Å²) < 4.78 is 18.4. The number of hydrogen-bond donors (Lipinski definition) is 0. The number of rotatable bonds is 5. The van der Waals surface area contributed by atoms with Crippen LogP contribution in [0.2, 0.25) is 0 Å². The van der Waals surface area contributed by atoms with Gasteiger partial charge in [0.05, 0.1) is 11.0 Å². The number of carbonyl (C=O) groups is 1. The minimum atomic E-state index is -0.715. The molecule has 0 saturated heterocycles. The molecule has 0 aliphatic carbocycles. The van der Waals surface area contributed by atoms with Gasteiger partial charge in [-0.15, -0.1) is 0 Å². The van der Waals surface area contributed by atoms with Gasteiger partial charge in [-0.05, 0) is 36.4 Å². The largest absolute Gasteiger partial charge is 0.450 e. The lowest BCUT2D eigenvalue weighted by Crippen LogP contribution is -1.97. The van der Waals surface area contributed by atoms with Gasteiger partial charge in [-0.25, -0.2) is 4.39 Å². The van der Waals surface area contributed by atoms with Gasteiger partial charge in [0.2, 0.25) is 5.75 Å². The fourth-order valence-corrected chi connectivity index (χ4v) is 1.76. The maximum Gasteiger partial charge on any atom is 0.314 e.